The second-order valence-corrected chi connectivity index (χ2v) is 3.68. The van der Waals surface area contributed by atoms with E-state index in [1.54, 1.807) is 20.8 Å². The predicted molar refractivity (Wildman–Crippen MR) is 38.0 cm³/mol. The summed E-state index contributed by atoms with van der Waals surface area (Å²) in [7, 11) is 0. The molecule has 1 radical (unpaired) electrons. The second kappa shape index (κ2) is 2.42. The maximum absolute atomic E-state index is 11.4. The van der Waals surface area contributed by atoms with Crippen molar-refractivity contribution in [2.75, 3.05) is 13.2 Å². The molecule has 1 aliphatic rings. The maximum Gasteiger partial charge on any atom is 0.142 e. The van der Waals surface area contributed by atoms with Crippen molar-refractivity contribution in [1.82, 2.24) is 5.06 Å². The third-order valence-electron chi connectivity index (χ3n) is 2.06. The van der Waals surface area contributed by atoms with Crippen LogP contribution < -0.4 is 0 Å². The van der Waals surface area contributed by atoms with E-state index < -0.39 is 11.3 Å². The molecule has 0 bridgehead atoms. The van der Waals surface area contributed by atoms with E-state index in [9.17, 15) is 5.21 Å². The number of aliphatic hydroxyl groups is 1. The number of rotatable bonds is 1. The number of nitrogens with zero attached hydrogens (tertiary/aromatic N) is 1. The van der Waals surface area contributed by atoms with Gasteiger partial charge in [0.05, 0.1) is 18.8 Å². The Balaban J connectivity index is 2.78. The summed E-state index contributed by atoms with van der Waals surface area (Å²) >= 11 is 0. The smallest absolute Gasteiger partial charge is 0.142 e. The van der Waals surface area contributed by atoms with E-state index in [4.69, 9.17) is 9.84 Å². The zero-order chi connectivity index (χ0) is 8.70. The minimum absolute atomic E-state index is 0.167. The molecule has 1 fully saturated rings. The van der Waals surface area contributed by atoms with E-state index in [2.05, 4.69) is 0 Å². The van der Waals surface area contributed by atoms with E-state index >= 15 is 0 Å². The van der Waals surface area contributed by atoms with Crippen LogP contribution in [0.25, 0.3) is 0 Å². The molecule has 1 unspecified atom stereocenters. The molecule has 0 amide bonds. The van der Waals surface area contributed by atoms with E-state index in [0.717, 1.165) is 5.06 Å². The standard InChI is InChI=1S/C7H14NO3/c1-6(2)8(10)7(3,4-9)5-11-6/h9H,4-5H2,1-3H3. The van der Waals surface area contributed by atoms with Crippen LogP contribution in [0, 0.1) is 0 Å². The fourth-order valence-electron chi connectivity index (χ4n) is 1.21. The van der Waals surface area contributed by atoms with Crippen LogP contribution in [0.1, 0.15) is 20.8 Å². The normalized spacial score (nSPS) is 37.9. The maximum atomic E-state index is 11.4. The van der Waals surface area contributed by atoms with Gasteiger partial charge in [0, 0.05) is 0 Å². The van der Waals surface area contributed by atoms with Gasteiger partial charge in [-0.15, -0.1) is 10.3 Å². The van der Waals surface area contributed by atoms with Gasteiger partial charge in [-0.05, 0) is 20.8 Å². The van der Waals surface area contributed by atoms with Gasteiger partial charge in [-0.3, -0.25) is 0 Å². The fourth-order valence-corrected chi connectivity index (χ4v) is 1.21. The van der Waals surface area contributed by atoms with Gasteiger partial charge in [-0.2, -0.15) is 0 Å². The van der Waals surface area contributed by atoms with Gasteiger partial charge in [-0.1, -0.05) is 0 Å². The average molecular weight is 160 g/mol. The Morgan fingerprint density at radius 3 is 2.27 bits per heavy atom. The Morgan fingerprint density at radius 1 is 1.55 bits per heavy atom. The molecule has 65 valence electrons. The zero-order valence-electron chi connectivity index (χ0n) is 7.13. The lowest BCUT2D eigenvalue weighted by Crippen LogP contribution is -2.49. The molecule has 1 rings (SSSR count). The highest BCUT2D eigenvalue weighted by Crippen LogP contribution is 2.32. The molecule has 1 heterocycles. The highest BCUT2D eigenvalue weighted by Gasteiger charge is 2.49. The van der Waals surface area contributed by atoms with Crippen LogP contribution in [0.2, 0.25) is 0 Å². The topological polar surface area (TPSA) is 52.6 Å². The summed E-state index contributed by atoms with van der Waals surface area (Å²) < 4.78 is 5.21. The summed E-state index contributed by atoms with van der Waals surface area (Å²) in [6.45, 7) is 5.20. The van der Waals surface area contributed by atoms with Gasteiger partial charge in [0.1, 0.15) is 5.72 Å². The number of hydroxylamine groups is 2. The van der Waals surface area contributed by atoms with Crippen molar-refractivity contribution in [3.05, 3.63) is 0 Å². The van der Waals surface area contributed by atoms with Gasteiger partial charge in [0.15, 0.2) is 0 Å². The minimum Gasteiger partial charge on any atom is -0.394 e. The largest absolute Gasteiger partial charge is 0.394 e. The molecule has 4 nitrogen and oxygen atoms in total. The van der Waals surface area contributed by atoms with Crippen molar-refractivity contribution in [3.63, 3.8) is 0 Å². The van der Waals surface area contributed by atoms with E-state index in [0.29, 0.717) is 6.61 Å². The van der Waals surface area contributed by atoms with Gasteiger partial charge >= 0.3 is 0 Å². The number of ether oxygens (including phenoxy) is 1. The first-order chi connectivity index (χ1) is 4.92. The fraction of sp³-hybridized carbons (Fsp3) is 1.00. The van der Waals surface area contributed by atoms with Crippen LogP contribution in [0.5, 0.6) is 0 Å². The van der Waals surface area contributed by atoms with Gasteiger partial charge in [0.25, 0.3) is 0 Å². The van der Waals surface area contributed by atoms with Gasteiger partial charge in [-0.25, -0.2) is 0 Å². The molecule has 1 aliphatic heterocycles. The molecule has 0 aromatic rings. The molecule has 0 aromatic carbocycles. The van der Waals surface area contributed by atoms with E-state index in [1.165, 1.54) is 0 Å². The summed E-state index contributed by atoms with van der Waals surface area (Å²) in [4.78, 5) is 0. The Hall–Kier alpha value is -0.160. The van der Waals surface area contributed by atoms with Crippen LogP contribution in [-0.2, 0) is 9.94 Å². The number of hydrogen-bond donors (Lipinski definition) is 1. The summed E-state index contributed by atoms with van der Waals surface area (Å²) in [6.07, 6.45) is 0. The van der Waals surface area contributed by atoms with Crippen molar-refractivity contribution >= 4 is 0 Å². The SMILES string of the molecule is CC1(CO)COC(C)(C)N1[O]. The third kappa shape index (κ3) is 1.27. The van der Waals surface area contributed by atoms with Crippen LogP contribution in [0.3, 0.4) is 0 Å². The highest BCUT2D eigenvalue weighted by molar-refractivity contribution is 4.91. The average Bonchev–Trinajstić information content (AvgIpc) is 2.16. The van der Waals surface area contributed by atoms with Crippen molar-refractivity contribution in [2.24, 2.45) is 0 Å². The number of aliphatic hydroxyl groups excluding tert-OH is 1. The molecular weight excluding hydrogens is 146 g/mol. The lowest BCUT2D eigenvalue weighted by atomic mass is 10.1. The Bertz CT molecular complexity index is 160. The molecule has 4 heteroatoms. The highest BCUT2D eigenvalue weighted by atomic mass is 16.6. The lowest BCUT2D eigenvalue weighted by molar-refractivity contribution is -0.284. The molecule has 1 atom stereocenters. The summed E-state index contributed by atoms with van der Waals surface area (Å²) in [5, 5.41) is 21.1. The quantitative estimate of drug-likeness (QED) is 0.594. The van der Waals surface area contributed by atoms with Crippen LogP contribution >= 0.6 is 0 Å². The summed E-state index contributed by atoms with van der Waals surface area (Å²) in [6, 6.07) is 0. The molecule has 0 saturated carbocycles. The summed E-state index contributed by atoms with van der Waals surface area (Å²) in [5.41, 5.74) is -1.55. The van der Waals surface area contributed by atoms with E-state index in [1.807, 2.05) is 0 Å². The van der Waals surface area contributed by atoms with Gasteiger partial charge in [0.2, 0.25) is 0 Å². The zero-order valence-corrected chi connectivity index (χ0v) is 7.13. The lowest BCUT2D eigenvalue weighted by Gasteiger charge is -2.29. The molecular formula is C7H14NO3. The van der Waals surface area contributed by atoms with Crippen molar-refractivity contribution < 1.29 is 15.1 Å². The van der Waals surface area contributed by atoms with Crippen LogP contribution in [0.4, 0.5) is 0 Å². The monoisotopic (exact) mass is 160 g/mol. The van der Waals surface area contributed by atoms with Crippen molar-refractivity contribution in [3.8, 4) is 0 Å². The Morgan fingerprint density at radius 2 is 2.09 bits per heavy atom. The van der Waals surface area contributed by atoms with Crippen molar-refractivity contribution in [2.45, 2.75) is 32.0 Å². The third-order valence-corrected chi connectivity index (χ3v) is 2.06. The first kappa shape index (κ1) is 8.93. The predicted octanol–water partition coefficient (Wildman–Crippen LogP) is 0.151. The van der Waals surface area contributed by atoms with E-state index in [-0.39, 0.29) is 6.61 Å². The molecule has 0 spiro atoms. The molecule has 0 aromatic heterocycles. The summed E-state index contributed by atoms with van der Waals surface area (Å²) in [5.74, 6) is 0. The van der Waals surface area contributed by atoms with Crippen LogP contribution in [0.15, 0.2) is 0 Å². The van der Waals surface area contributed by atoms with Gasteiger partial charge < -0.3 is 9.84 Å². The minimum atomic E-state index is -0.794. The first-order valence-corrected chi connectivity index (χ1v) is 3.65. The first-order valence-electron chi connectivity index (χ1n) is 3.65. The van der Waals surface area contributed by atoms with Crippen molar-refractivity contribution in [1.29, 1.82) is 0 Å². The molecule has 11 heavy (non-hydrogen) atoms. The van der Waals surface area contributed by atoms with Crippen LogP contribution in [-0.4, -0.2) is 34.6 Å². The molecule has 1 saturated heterocycles. The Kier molecular flexibility index (Phi) is 1.96. The second-order valence-electron chi connectivity index (χ2n) is 3.68. The molecule has 1 N–H and O–H groups in total. The molecule has 0 aliphatic carbocycles. The Labute approximate surface area is 66.3 Å². The number of hydrogen-bond acceptors (Lipinski definition) is 3.